The van der Waals surface area contributed by atoms with Crippen molar-refractivity contribution in [2.24, 2.45) is 16.7 Å². The first-order valence-corrected chi connectivity index (χ1v) is 10.3. The van der Waals surface area contributed by atoms with Gasteiger partial charge in [-0.1, -0.05) is 57.1 Å². The lowest BCUT2D eigenvalue weighted by Crippen LogP contribution is -2.26. The van der Waals surface area contributed by atoms with Crippen molar-refractivity contribution in [2.75, 3.05) is 0 Å². The van der Waals surface area contributed by atoms with Gasteiger partial charge in [-0.05, 0) is 74.5 Å². The smallest absolute Gasteiger partial charge is 0.163 e. The zero-order valence-corrected chi connectivity index (χ0v) is 18.0. The summed E-state index contributed by atoms with van der Waals surface area (Å²) < 4.78 is 0. The van der Waals surface area contributed by atoms with Crippen LogP contribution >= 0.6 is 0 Å². The van der Waals surface area contributed by atoms with Crippen LogP contribution in [0.1, 0.15) is 80.1 Å². The van der Waals surface area contributed by atoms with Gasteiger partial charge in [-0.3, -0.25) is 9.59 Å². The van der Waals surface area contributed by atoms with Gasteiger partial charge in [0, 0.05) is 5.92 Å². The molecule has 0 heterocycles. The van der Waals surface area contributed by atoms with E-state index in [2.05, 4.69) is 47.6 Å². The van der Waals surface area contributed by atoms with Crippen molar-refractivity contribution in [1.82, 2.24) is 0 Å². The molecule has 0 saturated heterocycles. The summed E-state index contributed by atoms with van der Waals surface area (Å²) in [5, 5.41) is 0. The molecule has 0 aromatic heterocycles. The highest BCUT2D eigenvalue weighted by atomic mass is 16.1. The molecular formula is C25H36O2. The van der Waals surface area contributed by atoms with Crippen molar-refractivity contribution >= 4 is 11.6 Å². The largest absolute Gasteiger partial charge is 0.294 e. The van der Waals surface area contributed by atoms with Gasteiger partial charge in [0.25, 0.3) is 0 Å². The van der Waals surface area contributed by atoms with Crippen LogP contribution in [0, 0.1) is 16.7 Å². The first-order chi connectivity index (χ1) is 12.5. The maximum Gasteiger partial charge on any atom is 0.163 e. The summed E-state index contributed by atoms with van der Waals surface area (Å²) >= 11 is 0. The fourth-order valence-electron chi connectivity index (χ4n) is 4.66. The molecule has 0 N–H and O–H groups in total. The van der Waals surface area contributed by atoms with Crippen molar-refractivity contribution in [2.45, 2.75) is 80.1 Å². The number of hydrogen-bond donors (Lipinski definition) is 0. The summed E-state index contributed by atoms with van der Waals surface area (Å²) in [6.45, 7) is 13.2. The molecule has 2 heteroatoms. The molecule has 1 atom stereocenters. The Morgan fingerprint density at radius 2 is 1.74 bits per heavy atom. The van der Waals surface area contributed by atoms with Gasteiger partial charge < -0.3 is 0 Å². The predicted molar refractivity (Wildman–Crippen MR) is 114 cm³/mol. The summed E-state index contributed by atoms with van der Waals surface area (Å²) in [6.07, 6.45) is 15.1. The average Bonchev–Trinajstić information content (AvgIpc) is 2.52. The summed E-state index contributed by atoms with van der Waals surface area (Å²) in [7, 11) is 0. The van der Waals surface area contributed by atoms with Gasteiger partial charge in [-0.25, -0.2) is 0 Å². The van der Waals surface area contributed by atoms with E-state index >= 15 is 0 Å². The van der Waals surface area contributed by atoms with E-state index in [0.717, 1.165) is 25.7 Å². The van der Waals surface area contributed by atoms with E-state index in [1.807, 2.05) is 12.2 Å². The van der Waals surface area contributed by atoms with Crippen molar-refractivity contribution in [3.8, 4) is 0 Å². The molecule has 0 saturated carbocycles. The highest BCUT2D eigenvalue weighted by Gasteiger charge is 2.31. The molecule has 27 heavy (non-hydrogen) atoms. The molecule has 1 unspecified atom stereocenters. The van der Waals surface area contributed by atoms with E-state index in [1.165, 1.54) is 23.1 Å². The molecule has 2 aliphatic rings. The number of allylic oxidation sites excluding steroid dienone is 8. The summed E-state index contributed by atoms with van der Waals surface area (Å²) in [5.74, 6) is 0.0607. The van der Waals surface area contributed by atoms with Crippen molar-refractivity contribution in [3.63, 3.8) is 0 Å². The highest BCUT2D eigenvalue weighted by molar-refractivity contribution is 6.08. The van der Waals surface area contributed by atoms with Gasteiger partial charge >= 0.3 is 0 Å². The minimum absolute atomic E-state index is 0.0460. The number of rotatable bonds is 6. The lowest BCUT2D eigenvalue weighted by Gasteiger charge is -2.36. The molecule has 0 spiro atoms. The Morgan fingerprint density at radius 3 is 2.37 bits per heavy atom. The molecule has 0 aromatic carbocycles. The van der Waals surface area contributed by atoms with Gasteiger partial charge in [0.1, 0.15) is 0 Å². The monoisotopic (exact) mass is 368 g/mol. The van der Waals surface area contributed by atoms with Crippen molar-refractivity contribution in [1.29, 1.82) is 0 Å². The number of ketones is 2. The normalized spacial score (nSPS) is 25.1. The van der Waals surface area contributed by atoms with Crippen LogP contribution in [0.25, 0.3) is 0 Å². The fraction of sp³-hybridized carbons (Fsp3) is 0.600. The van der Waals surface area contributed by atoms with Gasteiger partial charge in [0.15, 0.2) is 11.6 Å². The standard InChI is InChI=1S/C25H36O2/c1-18-9-7-15-24(3,4)22(18)13-11-20(26)17-21(27)12-14-23-19(2)10-8-16-25(23,5)6/h9,11-14,22H,7-8,10,15-17H2,1-6H3/b13-11+,14-12+. The second kappa shape index (κ2) is 8.54. The third kappa shape index (κ3) is 5.64. The minimum atomic E-state index is -0.110. The van der Waals surface area contributed by atoms with E-state index < -0.39 is 0 Å². The fourth-order valence-corrected chi connectivity index (χ4v) is 4.66. The lowest BCUT2D eigenvalue weighted by atomic mass is 9.68. The number of carbonyl (C=O) groups is 2. The molecule has 0 aromatic rings. The molecule has 0 fully saturated rings. The molecule has 148 valence electrons. The Balaban J connectivity index is 1.99. The Bertz CT molecular complexity index is 711. The van der Waals surface area contributed by atoms with E-state index in [0.29, 0.717) is 0 Å². The van der Waals surface area contributed by atoms with E-state index in [9.17, 15) is 9.59 Å². The van der Waals surface area contributed by atoms with Crippen LogP contribution in [0.2, 0.25) is 0 Å². The maximum atomic E-state index is 12.3. The van der Waals surface area contributed by atoms with E-state index in [1.54, 1.807) is 12.2 Å². The predicted octanol–water partition coefficient (Wildman–Crippen LogP) is 6.54. The van der Waals surface area contributed by atoms with Crippen LogP contribution in [-0.2, 0) is 9.59 Å². The second-order valence-electron chi connectivity index (χ2n) is 9.69. The first-order valence-electron chi connectivity index (χ1n) is 10.3. The molecule has 2 rings (SSSR count). The van der Waals surface area contributed by atoms with Crippen LogP contribution in [0.5, 0.6) is 0 Å². The molecular weight excluding hydrogens is 332 g/mol. The van der Waals surface area contributed by atoms with Crippen LogP contribution in [0.3, 0.4) is 0 Å². The SMILES string of the molecule is CC1=CCCC(C)(C)C1/C=C/C(=O)CC(=O)/C=C/C1=C(C)CCCC1(C)C. The Hall–Kier alpha value is -1.70. The lowest BCUT2D eigenvalue weighted by molar-refractivity contribution is -0.121. The van der Waals surface area contributed by atoms with Crippen LogP contribution < -0.4 is 0 Å². The summed E-state index contributed by atoms with van der Waals surface area (Å²) in [5.41, 5.74) is 4.22. The van der Waals surface area contributed by atoms with Gasteiger partial charge in [0.05, 0.1) is 6.42 Å². The van der Waals surface area contributed by atoms with Gasteiger partial charge in [0.2, 0.25) is 0 Å². The van der Waals surface area contributed by atoms with Gasteiger partial charge in [-0.15, -0.1) is 0 Å². The van der Waals surface area contributed by atoms with E-state index in [-0.39, 0.29) is 34.7 Å². The molecule has 0 aliphatic heterocycles. The molecule has 0 amide bonds. The van der Waals surface area contributed by atoms with Crippen molar-refractivity contribution in [3.05, 3.63) is 47.1 Å². The molecule has 2 nitrogen and oxygen atoms in total. The topological polar surface area (TPSA) is 34.1 Å². The third-order valence-electron chi connectivity index (χ3n) is 6.39. The van der Waals surface area contributed by atoms with Gasteiger partial charge in [-0.2, -0.15) is 0 Å². The maximum absolute atomic E-state index is 12.3. The third-order valence-corrected chi connectivity index (χ3v) is 6.39. The average molecular weight is 369 g/mol. The first kappa shape index (κ1) is 21.6. The summed E-state index contributed by atoms with van der Waals surface area (Å²) in [4.78, 5) is 24.6. The minimum Gasteiger partial charge on any atom is -0.294 e. The number of carbonyl (C=O) groups excluding carboxylic acids is 2. The second-order valence-corrected chi connectivity index (χ2v) is 9.69. The van der Waals surface area contributed by atoms with Crippen LogP contribution in [0.15, 0.2) is 47.1 Å². The van der Waals surface area contributed by atoms with Crippen LogP contribution in [0.4, 0.5) is 0 Å². The number of hydrogen-bond acceptors (Lipinski definition) is 2. The Labute approximate surface area is 165 Å². The molecule has 2 aliphatic carbocycles. The van der Waals surface area contributed by atoms with Crippen LogP contribution in [-0.4, -0.2) is 11.6 Å². The summed E-state index contributed by atoms with van der Waals surface area (Å²) in [6, 6.07) is 0. The highest BCUT2D eigenvalue weighted by Crippen LogP contribution is 2.42. The molecule has 0 radical (unpaired) electrons. The molecule has 0 bridgehead atoms. The zero-order chi connectivity index (χ0) is 20.2. The van der Waals surface area contributed by atoms with E-state index in [4.69, 9.17) is 0 Å². The Morgan fingerprint density at radius 1 is 1.07 bits per heavy atom. The zero-order valence-electron chi connectivity index (χ0n) is 18.0. The van der Waals surface area contributed by atoms with Crippen molar-refractivity contribution < 1.29 is 9.59 Å². The quantitative estimate of drug-likeness (QED) is 0.303. The Kier molecular flexibility index (Phi) is 6.83.